The Morgan fingerprint density at radius 2 is 2.15 bits per heavy atom. The number of hydrogen-bond donors (Lipinski definition) is 2. The van der Waals surface area contributed by atoms with Gasteiger partial charge in [-0.3, -0.25) is 0 Å². The van der Waals surface area contributed by atoms with Gasteiger partial charge in [-0.2, -0.15) is 15.4 Å². The summed E-state index contributed by atoms with van der Waals surface area (Å²) in [4.78, 5) is 0. The zero-order chi connectivity index (χ0) is 9.10. The highest BCUT2D eigenvalue weighted by atomic mass is 15.3. The average Bonchev–Trinajstić information content (AvgIpc) is 2.61. The van der Waals surface area contributed by atoms with Crippen LogP contribution in [-0.2, 0) is 0 Å². The van der Waals surface area contributed by atoms with Crippen molar-refractivity contribution in [3.05, 3.63) is 29.8 Å². The maximum absolute atomic E-state index is 5.35. The van der Waals surface area contributed by atoms with Crippen LogP contribution in [0.4, 0.5) is 0 Å². The van der Waals surface area contributed by atoms with Crippen LogP contribution in [0.5, 0.6) is 0 Å². The number of nitrogens with one attached hydrogen (secondary N) is 1. The zero-order valence-corrected chi connectivity index (χ0v) is 7.07. The Morgan fingerprint density at radius 3 is 3.00 bits per heavy atom. The number of aromatic amines is 1. The molecule has 13 heavy (non-hydrogen) atoms. The molecule has 0 unspecified atom stereocenters. The molecule has 0 aliphatic rings. The smallest absolute Gasteiger partial charge is 0.113 e. The lowest BCUT2D eigenvalue weighted by molar-refractivity contribution is 0.959. The highest BCUT2D eigenvalue weighted by molar-refractivity contribution is 5.76. The van der Waals surface area contributed by atoms with Gasteiger partial charge in [0.1, 0.15) is 11.0 Å². The van der Waals surface area contributed by atoms with Crippen molar-refractivity contribution in [2.75, 3.05) is 6.54 Å². The number of nitrogens with two attached hydrogens (primary N) is 1. The summed E-state index contributed by atoms with van der Waals surface area (Å²) in [5.74, 6) is 0. The maximum atomic E-state index is 5.35. The average molecular weight is 174 g/mol. The molecule has 0 saturated heterocycles. The SMILES string of the molecule is NC/C=C/c1ccc2n[nH]nc2c1. The lowest BCUT2D eigenvalue weighted by atomic mass is 10.2. The van der Waals surface area contributed by atoms with Crippen molar-refractivity contribution >= 4 is 17.1 Å². The van der Waals surface area contributed by atoms with Gasteiger partial charge in [0.2, 0.25) is 0 Å². The predicted molar refractivity (Wildman–Crippen MR) is 52.0 cm³/mol. The molecule has 66 valence electrons. The first-order chi connectivity index (χ1) is 6.40. The van der Waals surface area contributed by atoms with Crippen LogP contribution in [0.3, 0.4) is 0 Å². The lowest BCUT2D eigenvalue weighted by Crippen LogP contribution is -1.91. The summed E-state index contributed by atoms with van der Waals surface area (Å²) < 4.78 is 0. The molecule has 3 N–H and O–H groups in total. The first-order valence-electron chi connectivity index (χ1n) is 4.07. The summed E-state index contributed by atoms with van der Waals surface area (Å²) in [6, 6.07) is 5.87. The Labute approximate surface area is 75.4 Å². The van der Waals surface area contributed by atoms with E-state index >= 15 is 0 Å². The first-order valence-corrected chi connectivity index (χ1v) is 4.07. The molecule has 4 nitrogen and oxygen atoms in total. The van der Waals surface area contributed by atoms with Crippen LogP contribution in [0, 0.1) is 0 Å². The predicted octanol–water partition coefficient (Wildman–Crippen LogP) is 0.930. The molecule has 0 spiro atoms. The van der Waals surface area contributed by atoms with E-state index in [1.165, 1.54) is 0 Å². The quantitative estimate of drug-likeness (QED) is 0.711. The zero-order valence-electron chi connectivity index (χ0n) is 7.07. The Hall–Kier alpha value is -1.68. The van der Waals surface area contributed by atoms with Crippen LogP contribution in [0.15, 0.2) is 24.3 Å². The Bertz CT molecular complexity index is 430. The Morgan fingerprint density at radius 1 is 1.31 bits per heavy atom. The van der Waals surface area contributed by atoms with E-state index in [0.29, 0.717) is 6.54 Å². The summed E-state index contributed by atoms with van der Waals surface area (Å²) >= 11 is 0. The molecule has 1 heterocycles. The molecular weight excluding hydrogens is 164 g/mol. The topological polar surface area (TPSA) is 67.6 Å². The van der Waals surface area contributed by atoms with Gasteiger partial charge in [0.25, 0.3) is 0 Å². The van der Waals surface area contributed by atoms with Gasteiger partial charge in [0.15, 0.2) is 0 Å². The standard InChI is InChI=1S/C9H10N4/c10-5-1-2-7-3-4-8-9(6-7)12-13-11-8/h1-4,6H,5,10H2,(H,11,12,13)/b2-1+. The number of hydrogen-bond acceptors (Lipinski definition) is 3. The van der Waals surface area contributed by atoms with Gasteiger partial charge in [-0.05, 0) is 17.7 Å². The molecular formula is C9H10N4. The summed E-state index contributed by atoms with van der Waals surface area (Å²) in [6.07, 6.45) is 3.87. The Balaban J connectivity index is 2.42. The molecule has 0 aliphatic heterocycles. The molecule has 2 rings (SSSR count). The van der Waals surface area contributed by atoms with E-state index in [0.717, 1.165) is 16.6 Å². The number of benzene rings is 1. The van der Waals surface area contributed by atoms with Crippen molar-refractivity contribution < 1.29 is 0 Å². The molecule has 1 aromatic carbocycles. The molecule has 0 aliphatic carbocycles. The van der Waals surface area contributed by atoms with Crippen LogP contribution in [0.2, 0.25) is 0 Å². The van der Waals surface area contributed by atoms with Crippen LogP contribution in [0.25, 0.3) is 17.1 Å². The van der Waals surface area contributed by atoms with E-state index in [-0.39, 0.29) is 0 Å². The van der Waals surface area contributed by atoms with Gasteiger partial charge < -0.3 is 5.73 Å². The normalized spacial score (nSPS) is 11.5. The summed E-state index contributed by atoms with van der Waals surface area (Å²) in [5.41, 5.74) is 8.19. The number of H-pyrrole nitrogens is 1. The van der Waals surface area contributed by atoms with E-state index in [9.17, 15) is 0 Å². The number of nitrogens with zero attached hydrogens (tertiary/aromatic N) is 2. The molecule has 1 aromatic heterocycles. The second-order valence-corrected chi connectivity index (χ2v) is 2.71. The second-order valence-electron chi connectivity index (χ2n) is 2.71. The maximum Gasteiger partial charge on any atom is 0.113 e. The molecule has 0 bridgehead atoms. The fourth-order valence-corrected chi connectivity index (χ4v) is 1.17. The van der Waals surface area contributed by atoms with E-state index in [1.54, 1.807) is 0 Å². The fraction of sp³-hybridized carbons (Fsp3) is 0.111. The largest absolute Gasteiger partial charge is 0.327 e. The molecule has 0 amide bonds. The third-order valence-electron chi connectivity index (χ3n) is 1.79. The van der Waals surface area contributed by atoms with E-state index < -0.39 is 0 Å². The minimum absolute atomic E-state index is 0.552. The van der Waals surface area contributed by atoms with Crippen LogP contribution in [0.1, 0.15) is 5.56 Å². The third kappa shape index (κ3) is 1.57. The molecule has 2 aromatic rings. The highest BCUT2D eigenvalue weighted by Gasteiger charge is 1.96. The summed E-state index contributed by atoms with van der Waals surface area (Å²) in [7, 11) is 0. The monoisotopic (exact) mass is 174 g/mol. The summed E-state index contributed by atoms with van der Waals surface area (Å²) in [5, 5.41) is 10.5. The van der Waals surface area contributed by atoms with Crippen molar-refractivity contribution in [2.24, 2.45) is 5.73 Å². The molecule has 4 heteroatoms. The third-order valence-corrected chi connectivity index (χ3v) is 1.79. The van der Waals surface area contributed by atoms with Crippen molar-refractivity contribution in [3.63, 3.8) is 0 Å². The van der Waals surface area contributed by atoms with Gasteiger partial charge in [-0.25, -0.2) is 0 Å². The molecule has 0 radical (unpaired) electrons. The van der Waals surface area contributed by atoms with Crippen molar-refractivity contribution in [1.29, 1.82) is 0 Å². The van der Waals surface area contributed by atoms with Crippen molar-refractivity contribution in [3.8, 4) is 0 Å². The minimum atomic E-state index is 0.552. The van der Waals surface area contributed by atoms with Crippen molar-refractivity contribution in [2.45, 2.75) is 0 Å². The Kier molecular flexibility index (Phi) is 2.06. The fourth-order valence-electron chi connectivity index (χ4n) is 1.17. The van der Waals surface area contributed by atoms with Gasteiger partial charge in [-0.1, -0.05) is 18.2 Å². The second kappa shape index (κ2) is 3.37. The number of rotatable bonds is 2. The van der Waals surface area contributed by atoms with Crippen LogP contribution < -0.4 is 5.73 Å². The summed E-state index contributed by atoms with van der Waals surface area (Å²) in [6.45, 7) is 0.552. The molecule has 0 fully saturated rings. The van der Waals surface area contributed by atoms with E-state index in [4.69, 9.17) is 5.73 Å². The van der Waals surface area contributed by atoms with E-state index in [2.05, 4.69) is 15.4 Å². The van der Waals surface area contributed by atoms with Crippen LogP contribution in [-0.4, -0.2) is 22.0 Å². The minimum Gasteiger partial charge on any atom is -0.327 e. The number of aromatic nitrogens is 3. The number of fused-ring (bicyclic) bond motifs is 1. The molecule has 0 atom stereocenters. The first kappa shape index (κ1) is 7.94. The lowest BCUT2D eigenvalue weighted by Gasteiger charge is -1.91. The van der Waals surface area contributed by atoms with Gasteiger partial charge in [-0.15, -0.1) is 0 Å². The molecule has 0 saturated carbocycles. The van der Waals surface area contributed by atoms with Crippen molar-refractivity contribution in [1.82, 2.24) is 15.4 Å². The van der Waals surface area contributed by atoms with Gasteiger partial charge in [0, 0.05) is 6.54 Å². The van der Waals surface area contributed by atoms with Gasteiger partial charge in [0.05, 0.1) is 0 Å². The van der Waals surface area contributed by atoms with Crippen LogP contribution >= 0.6 is 0 Å². The highest BCUT2D eigenvalue weighted by Crippen LogP contribution is 2.11. The van der Waals surface area contributed by atoms with Gasteiger partial charge >= 0.3 is 0 Å². The van der Waals surface area contributed by atoms with E-state index in [1.807, 2.05) is 30.4 Å².